The third-order valence-electron chi connectivity index (χ3n) is 4.19. The van der Waals surface area contributed by atoms with Crippen LogP contribution in [0.3, 0.4) is 0 Å². The number of carbonyl (C=O) groups is 3. The molecule has 1 aromatic carbocycles. The molecule has 7 nitrogen and oxygen atoms in total. The molecule has 0 spiro atoms. The molecule has 2 atom stereocenters. The van der Waals surface area contributed by atoms with Crippen LogP contribution in [0.25, 0.3) is 0 Å². The minimum atomic E-state index is -5.08. The van der Waals surface area contributed by atoms with Crippen molar-refractivity contribution in [1.82, 2.24) is 4.90 Å². The zero-order valence-corrected chi connectivity index (χ0v) is 16.4. The van der Waals surface area contributed by atoms with Gasteiger partial charge in [0.15, 0.2) is 0 Å². The summed E-state index contributed by atoms with van der Waals surface area (Å²) in [6, 6.07) is 6.06. The number of hydrogen-bond donors (Lipinski definition) is 2. The molecule has 1 saturated heterocycles. The van der Waals surface area contributed by atoms with Gasteiger partial charge in [0.1, 0.15) is 6.04 Å². The number of carbonyl (C=O) groups excluding carboxylic acids is 2. The lowest BCUT2D eigenvalue weighted by atomic mass is 9.99. The molecule has 0 bridgehead atoms. The highest BCUT2D eigenvalue weighted by Gasteiger charge is 2.38. The molecule has 0 saturated carbocycles. The first-order valence-corrected chi connectivity index (χ1v) is 9.03. The van der Waals surface area contributed by atoms with Crippen molar-refractivity contribution in [3.05, 3.63) is 34.9 Å². The van der Waals surface area contributed by atoms with Gasteiger partial charge in [-0.15, -0.1) is 0 Å². The highest BCUT2D eigenvalue weighted by molar-refractivity contribution is 6.30. The van der Waals surface area contributed by atoms with Crippen molar-refractivity contribution in [1.29, 1.82) is 0 Å². The van der Waals surface area contributed by atoms with Gasteiger partial charge in [0, 0.05) is 11.6 Å². The Morgan fingerprint density at radius 1 is 1.28 bits per heavy atom. The molecular formula is C18H22ClF3N2O5. The van der Waals surface area contributed by atoms with Crippen LogP contribution in [0.15, 0.2) is 24.3 Å². The van der Waals surface area contributed by atoms with Crippen molar-refractivity contribution in [2.45, 2.75) is 43.9 Å². The van der Waals surface area contributed by atoms with Gasteiger partial charge in [-0.1, -0.05) is 23.7 Å². The fourth-order valence-corrected chi connectivity index (χ4v) is 2.88. The molecule has 162 valence electrons. The summed E-state index contributed by atoms with van der Waals surface area (Å²) in [7, 11) is 1.34. The number of amides is 1. The molecule has 0 unspecified atom stereocenters. The number of carboxylic acids is 1. The van der Waals surface area contributed by atoms with Crippen molar-refractivity contribution < 1.29 is 37.4 Å². The van der Waals surface area contributed by atoms with Crippen molar-refractivity contribution >= 4 is 29.4 Å². The van der Waals surface area contributed by atoms with Crippen LogP contribution in [0.4, 0.5) is 13.2 Å². The smallest absolute Gasteiger partial charge is 0.475 e. The summed E-state index contributed by atoms with van der Waals surface area (Å²) in [4.78, 5) is 34.9. The molecule has 0 aliphatic carbocycles. The SMILES string of the molecule is COC(=O)[C@@H]1CCCCN1C(=O)[C@H](N)Cc1ccc(Cl)cc1.O=C(O)C(F)(F)F. The lowest BCUT2D eigenvalue weighted by molar-refractivity contribution is -0.192. The second-order valence-electron chi connectivity index (χ2n) is 6.31. The third-order valence-corrected chi connectivity index (χ3v) is 4.44. The number of nitrogens with zero attached hydrogens (tertiary/aromatic N) is 1. The van der Waals surface area contributed by atoms with Crippen molar-refractivity contribution in [2.75, 3.05) is 13.7 Å². The van der Waals surface area contributed by atoms with Crippen LogP contribution in [0.2, 0.25) is 5.02 Å². The molecule has 1 aliphatic rings. The number of rotatable bonds is 4. The van der Waals surface area contributed by atoms with Gasteiger partial charge in [0.05, 0.1) is 13.2 Å². The summed E-state index contributed by atoms with van der Waals surface area (Å²) in [5.74, 6) is -3.33. The van der Waals surface area contributed by atoms with Crippen molar-refractivity contribution in [3.63, 3.8) is 0 Å². The number of alkyl halides is 3. The third kappa shape index (κ3) is 7.90. The summed E-state index contributed by atoms with van der Waals surface area (Å²) in [5.41, 5.74) is 6.99. The number of benzene rings is 1. The van der Waals surface area contributed by atoms with Crippen LogP contribution in [-0.2, 0) is 25.5 Å². The van der Waals surface area contributed by atoms with Crippen molar-refractivity contribution in [2.24, 2.45) is 5.73 Å². The number of carboxylic acid groups (broad SMARTS) is 1. The highest BCUT2D eigenvalue weighted by atomic mass is 35.5. The van der Waals surface area contributed by atoms with Crippen LogP contribution < -0.4 is 5.73 Å². The Bertz CT molecular complexity index is 712. The number of halogens is 4. The second kappa shape index (κ2) is 11.0. The van der Waals surface area contributed by atoms with Gasteiger partial charge in [-0.3, -0.25) is 4.79 Å². The Labute approximate surface area is 170 Å². The molecule has 1 aromatic rings. The maximum absolute atomic E-state index is 12.6. The zero-order valence-electron chi connectivity index (χ0n) is 15.6. The van der Waals surface area contributed by atoms with E-state index in [4.69, 9.17) is 32.0 Å². The fraction of sp³-hybridized carbons (Fsp3) is 0.500. The first-order valence-electron chi connectivity index (χ1n) is 8.65. The highest BCUT2D eigenvalue weighted by Crippen LogP contribution is 2.20. The van der Waals surface area contributed by atoms with Gasteiger partial charge < -0.3 is 20.5 Å². The molecule has 1 fully saturated rings. The standard InChI is InChI=1S/C16H21ClN2O3.C2HF3O2/c1-22-16(21)14-4-2-3-9-19(14)15(20)13(18)10-11-5-7-12(17)8-6-11;3-2(4,5)1(6)7/h5-8,13-14H,2-4,9-10,18H2,1H3;(H,6,7)/t13-,14+;/m1./s1. The van der Waals surface area contributed by atoms with E-state index < -0.39 is 24.2 Å². The van der Waals surface area contributed by atoms with E-state index in [0.717, 1.165) is 18.4 Å². The van der Waals surface area contributed by atoms with E-state index in [-0.39, 0.29) is 11.9 Å². The van der Waals surface area contributed by atoms with E-state index >= 15 is 0 Å². The summed E-state index contributed by atoms with van der Waals surface area (Å²) in [5, 5.41) is 7.77. The Balaban J connectivity index is 0.000000516. The topological polar surface area (TPSA) is 110 Å². The molecule has 1 aliphatic heterocycles. The Hall–Kier alpha value is -2.33. The quantitative estimate of drug-likeness (QED) is 0.698. The van der Waals surface area contributed by atoms with E-state index in [1.54, 1.807) is 17.0 Å². The van der Waals surface area contributed by atoms with Crippen LogP contribution in [0.1, 0.15) is 24.8 Å². The largest absolute Gasteiger partial charge is 0.490 e. The van der Waals surface area contributed by atoms with Crippen LogP contribution >= 0.6 is 11.6 Å². The van der Waals surface area contributed by atoms with Gasteiger partial charge in [-0.2, -0.15) is 13.2 Å². The summed E-state index contributed by atoms with van der Waals surface area (Å²) < 4.78 is 36.5. The predicted octanol–water partition coefficient (Wildman–Crippen LogP) is 2.40. The normalized spacial score (nSPS) is 17.6. The van der Waals surface area contributed by atoms with E-state index in [0.29, 0.717) is 24.4 Å². The number of ether oxygens (including phenoxy) is 1. The zero-order chi connectivity index (χ0) is 22.2. The van der Waals surface area contributed by atoms with E-state index in [2.05, 4.69) is 0 Å². The number of hydrogen-bond acceptors (Lipinski definition) is 5. The average molecular weight is 439 g/mol. The minimum absolute atomic E-state index is 0.204. The predicted molar refractivity (Wildman–Crippen MR) is 98.2 cm³/mol. The Morgan fingerprint density at radius 3 is 2.31 bits per heavy atom. The lowest BCUT2D eigenvalue weighted by Crippen LogP contribution is -2.54. The molecule has 3 N–H and O–H groups in total. The number of aliphatic carboxylic acids is 1. The molecule has 1 amide bonds. The van der Waals surface area contributed by atoms with E-state index in [1.165, 1.54) is 7.11 Å². The molecule has 2 rings (SSSR count). The fourth-order valence-electron chi connectivity index (χ4n) is 2.75. The Kier molecular flexibility index (Phi) is 9.38. The molecule has 11 heteroatoms. The molecule has 29 heavy (non-hydrogen) atoms. The van der Waals surface area contributed by atoms with Gasteiger partial charge in [-0.05, 0) is 43.4 Å². The first-order chi connectivity index (χ1) is 13.5. The molecule has 1 heterocycles. The number of piperidine rings is 1. The number of esters is 1. The van der Waals surface area contributed by atoms with E-state index in [9.17, 15) is 22.8 Å². The minimum Gasteiger partial charge on any atom is -0.475 e. The first kappa shape index (κ1) is 24.7. The molecule has 0 radical (unpaired) electrons. The van der Waals surface area contributed by atoms with Gasteiger partial charge >= 0.3 is 18.1 Å². The summed E-state index contributed by atoms with van der Waals surface area (Å²) in [6.07, 6.45) is -2.24. The number of likely N-dealkylation sites (tertiary alicyclic amines) is 1. The monoisotopic (exact) mass is 438 g/mol. The van der Waals surface area contributed by atoms with Gasteiger partial charge in [0.2, 0.25) is 5.91 Å². The molecule has 0 aromatic heterocycles. The maximum Gasteiger partial charge on any atom is 0.490 e. The van der Waals surface area contributed by atoms with Crippen LogP contribution in [0.5, 0.6) is 0 Å². The Morgan fingerprint density at radius 2 is 1.83 bits per heavy atom. The van der Waals surface area contributed by atoms with Crippen LogP contribution in [-0.4, -0.2) is 59.8 Å². The second-order valence-corrected chi connectivity index (χ2v) is 6.74. The summed E-state index contributed by atoms with van der Waals surface area (Å²) in [6.45, 7) is 0.549. The maximum atomic E-state index is 12.6. The van der Waals surface area contributed by atoms with E-state index in [1.807, 2.05) is 12.1 Å². The number of nitrogens with two attached hydrogens (primary N) is 1. The molecular weight excluding hydrogens is 417 g/mol. The van der Waals surface area contributed by atoms with Gasteiger partial charge in [-0.25, -0.2) is 9.59 Å². The lowest BCUT2D eigenvalue weighted by Gasteiger charge is -2.35. The average Bonchev–Trinajstić information content (AvgIpc) is 2.68. The van der Waals surface area contributed by atoms with Crippen LogP contribution in [0, 0.1) is 0 Å². The van der Waals surface area contributed by atoms with Crippen molar-refractivity contribution in [3.8, 4) is 0 Å². The van der Waals surface area contributed by atoms with Gasteiger partial charge in [0.25, 0.3) is 0 Å². The summed E-state index contributed by atoms with van der Waals surface area (Å²) >= 11 is 5.84. The number of methoxy groups -OCH3 is 1.